The smallest absolute Gasteiger partial charge is 0.251 e. The van der Waals surface area contributed by atoms with E-state index in [2.05, 4.69) is 68.3 Å². The molecule has 1 amide bonds. The number of aromatic nitrogens is 1. The van der Waals surface area contributed by atoms with E-state index >= 15 is 0 Å². The molecule has 160 valence electrons. The van der Waals surface area contributed by atoms with E-state index in [0.29, 0.717) is 6.42 Å². The molecule has 1 saturated heterocycles. The third-order valence-corrected chi connectivity index (χ3v) is 5.79. The van der Waals surface area contributed by atoms with Crippen LogP contribution in [0.1, 0.15) is 82.2 Å². The Kier molecular flexibility index (Phi) is 6.96. The Balaban J connectivity index is 1.96. The van der Waals surface area contributed by atoms with Crippen LogP contribution in [0.5, 0.6) is 0 Å². The fraction of sp³-hybridized carbons (Fsp3) is 0.462. The average Bonchev–Trinajstić information content (AvgIpc) is 3.12. The number of nitrogens with one attached hydrogen (secondary N) is 2. The molecule has 0 radical (unpaired) electrons. The molecule has 2 aromatic rings. The zero-order chi connectivity index (χ0) is 21.7. The number of H-pyrrole nitrogens is 1. The van der Waals surface area contributed by atoms with Crippen LogP contribution in [0.3, 0.4) is 0 Å². The molecule has 1 aliphatic rings. The van der Waals surface area contributed by atoms with Gasteiger partial charge in [-0.1, -0.05) is 76.9 Å². The second-order valence-electron chi connectivity index (χ2n) is 9.30. The molecule has 0 bridgehead atoms. The number of unbranched alkanes of at least 4 members (excludes halogenated alkanes) is 2. The molecule has 1 aromatic heterocycles. The Bertz CT molecular complexity index is 962. The second kappa shape index (κ2) is 9.46. The van der Waals surface area contributed by atoms with Gasteiger partial charge in [-0.25, -0.2) is 0 Å². The van der Waals surface area contributed by atoms with Crippen LogP contribution < -0.4 is 10.9 Å². The van der Waals surface area contributed by atoms with E-state index in [1.807, 2.05) is 12.1 Å². The van der Waals surface area contributed by atoms with Crippen LogP contribution in [0.2, 0.25) is 0 Å². The highest BCUT2D eigenvalue weighted by atomic mass is 16.2. The van der Waals surface area contributed by atoms with Crippen molar-refractivity contribution >= 4 is 11.5 Å². The predicted molar refractivity (Wildman–Crippen MR) is 124 cm³/mol. The van der Waals surface area contributed by atoms with Crippen LogP contribution in [0.25, 0.3) is 5.57 Å². The molecule has 0 saturated carbocycles. The Labute approximate surface area is 179 Å². The molecular weight excluding hydrogens is 372 g/mol. The lowest BCUT2D eigenvalue weighted by Gasteiger charge is -2.20. The molecule has 1 atom stereocenters. The summed E-state index contributed by atoms with van der Waals surface area (Å²) in [5, 5.41) is 3.01. The van der Waals surface area contributed by atoms with E-state index in [0.717, 1.165) is 54.5 Å². The molecule has 0 unspecified atom stereocenters. The molecule has 0 spiro atoms. The molecule has 4 nitrogen and oxygen atoms in total. The number of hydrogen-bond acceptors (Lipinski definition) is 2. The fourth-order valence-electron chi connectivity index (χ4n) is 3.88. The number of hydrogen-bond donors (Lipinski definition) is 2. The van der Waals surface area contributed by atoms with Crippen molar-refractivity contribution in [3.05, 3.63) is 75.2 Å². The van der Waals surface area contributed by atoms with Gasteiger partial charge in [-0.2, -0.15) is 0 Å². The lowest BCUT2D eigenvalue weighted by molar-refractivity contribution is -0.119. The summed E-state index contributed by atoms with van der Waals surface area (Å²) in [6.45, 7) is 8.75. The van der Waals surface area contributed by atoms with E-state index in [1.54, 1.807) is 0 Å². The standard InChI is InChI=1S/C26H34N2O2/c1-5-6-7-8-19-11-15-23(28-25(19)30)22(17-21-14-16-24(29)27-21)18-9-12-20(13-10-18)26(2,3)4/h9-13,15,17,21H,5-8,14,16H2,1-4H3,(H,27,29)(H,28,30)/b22-17+/t21-/m1/s1. The van der Waals surface area contributed by atoms with Gasteiger partial charge in [-0.05, 0) is 41.9 Å². The molecule has 1 aromatic carbocycles. The summed E-state index contributed by atoms with van der Waals surface area (Å²) in [6.07, 6.45) is 7.52. The van der Waals surface area contributed by atoms with Crippen molar-refractivity contribution in [2.45, 2.75) is 77.7 Å². The Morgan fingerprint density at radius 3 is 2.37 bits per heavy atom. The van der Waals surface area contributed by atoms with Crippen LogP contribution in [0.4, 0.5) is 0 Å². The monoisotopic (exact) mass is 406 g/mol. The van der Waals surface area contributed by atoms with Gasteiger partial charge in [0.15, 0.2) is 0 Å². The normalized spacial score (nSPS) is 17.3. The number of pyridine rings is 1. The SMILES string of the molecule is CCCCCc1ccc(/C(=C/[C@H]2CCC(=O)N2)c2ccc(C(C)(C)C)cc2)[nH]c1=O. The van der Waals surface area contributed by atoms with Crippen LogP contribution in [-0.2, 0) is 16.6 Å². The number of aromatic amines is 1. The summed E-state index contributed by atoms with van der Waals surface area (Å²) in [5.41, 5.74) is 4.96. The molecule has 2 heterocycles. The van der Waals surface area contributed by atoms with E-state index in [4.69, 9.17) is 0 Å². The van der Waals surface area contributed by atoms with Crippen molar-refractivity contribution in [3.8, 4) is 0 Å². The number of benzene rings is 1. The van der Waals surface area contributed by atoms with Gasteiger partial charge < -0.3 is 10.3 Å². The predicted octanol–water partition coefficient (Wildman–Crippen LogP) is 5.12. The van der Waals surface area contributed by atoms with Crippen molar-refractivity contribution in [2.75, 3.05) is 0 Å². The van der Waals surface area contributed by atoms with Gasteiger partial charge >= 0.3 is 0 Å². The summed E-state index contributed by atoms with van der Waals surface area (Å²) in [7, 11) is 0. The van der Waals surface area contributed by atoms with Crippen molar-refractivity contribution in [1.29, 1.82) is 0 Å². The number of amides is 1. The van der Waals surface area contributed by atoms with E-state index in [1.165, 1.54) is 5.56 Å². The minimum atomic E-state index is -0.0173. The van der Waals surface area contributed by atoms with Crippen molar-refractivity contribution in [1.82, 2.24) is 10.3 Å². The largest absolute Gasteiger partial charge is 0.350 e. The molecular formula is C26H34N2O2. The van der Waals surface area contributed by atoms with Crippen LogP contribution in [-0.4, -0.2) is 16.9 Å². The molecule has 2 N–H and O–H groups in total. The Morgan fingerprint density at radius 1 is 1.07 bits per heavy atom. The Hall–Kier alpha value is -2.62. The highest BCUT2D eigenvalue weighted by Crippen LogP contribution is 2.28. The lowest BCUT2D eigenvalue weighted by Crippen LogP contribution is -2.24. The highest BCUT2D eigenvalue weighted by molar-refractivity contribution is 5.82. The van der Waals surface area contributed by atoms with Gasteiger partial charge in [0.25, 0.3) is 5.56 Å². The van der Waals surface area contributed by atoms with E-state index in [9.17, 15) is 9.59 Å². The van der Waals surface area contributed by atoms with Crippen LogP contribution in [0, 0.1) is 0 Å². The summed E-state index contributed by atoms with van der Waals surface area (Å²) in [5.74, 6) is 0.0819. The number of rotatable bonds is 7. The number of carbonyl (C=O) groups is 1. The van der Waals surface area contributed by atoms with Gasteiger partial charge in [-0.15, -0.1) is 0 Å². The maximum absolute atomic E-state index is 12.7. The zero-order valence-corrected chi connectivity index (χ0v) is 18.7. The quantitative estimate of drug-likeness (QED) is 0.627. The zero-order valence-electron chi connectivity index (χ0n) is 18.7. The van der Waals surface area contributed by atoms with Gasteiger partial charge in [0.1, 0.15) is 0 Å². The maximum atomic E-state index is 12.7. The van der Waals surface area contributed by atoms with Crippen molar-refractivity contribution in [2.24, 2.45) is 0 Å². The first-order valence-electron chi connectivity index (χ1n) is 11.1. The third kappa shape index (κ3) is 5.50. The lowest BCUT2D eigenvalue weighted by atomic mass is 9.86. The average molecular weight is 407 g/mol. The Morgan fingerprint density at radius 2 is 1.80 bits per heavy atom. The van der Waals surface area contributed by atoms with E-state index < -0.39 is 0 Å². The molecule has 3 rings (SSSR count). The van der Waals surface area contributed by atoms with E-state index in [-0.39, 0.29) is 22.9 Å². The van der Waals surface area contributed by atoms with Gasteiger partial charge in [0.05, 0.1) is 0 Å². The van der Waals surface area contributed by atoms with Crippen LogP contribution >= 0.6 is 0 Å². The molecule has 30 heavy (non-hydrogen) atoms. The molecule has 1 aliphatic heterocycles. The topological polar surface area (TPSA) is 62.0 Å². The first-order valence-corrected chi connectivity index (χ1v) is 11.1. The minimum absolute atomic E-state index is 0.0116. The molecule has 4 heteroatoms. The summed E-state index contributed by atoms with van der Waals surface area (Å²) in [4.78, 5) is 27.5. The third-order valence-electron chi connectivity index (χ3n) is 5.79. The molecule has 1 fully saturated rings. The van der Waals surface area contributed by atoms with Crippen LogP contribution in [0.15, 0.2) is 47.3 Å². The number of aryl methyl sites for hydroxylation is 1. The van der Waals surface area contributed by atoms with Crippen molar-refractivity contribution in [3.63, 3.8) is 0 Å². The minimum Gasteiger partial charge on any atom is -0.350 e. The van der Waals surface area contributed by atoms with Gasteiger partial charge in [0.2, 0.25) is 5.91 Å². The second-order valence-corrected chi connectivity index (χ2v) is 9.30. The van der Waals surface area contributed by atoms with Gasteiger partial charge in [0, 0.05) is 29.3 Å². The number of carbonyl (C=O) groups excluding carboxylic acids is 1. The summed E-state index contributed by atoms with van der Waals surface area (Å²) >= 11 is 0. The fourth-order valence-corrected chi connectivity index (χ4v) is 3.88. The first-order chi connectivity index (χ1) is 14.3. The summed E-state index contributed by atoms with van der Waals surface area (Å²) in [6, 6.07) is 12.5. The first kappa shape index (κ1) is 22.1. The van der Waals surface area contributed by atoms with Crippen molar-refractivity contribution < 1.29 is 4.79 Å². The van der Waals surface area contributed by atoms with Gasteiger partial charge in [-0.3, -0.25) is 9.59 Å². The summed E-state index contributed by atoms with van der Waals surface area (Å²) < 4.78 is 0. The molecule has 0 aliphatic carbocycles. The highest BCUT2D eigenvalue weighted by Gasteiger charge is 2.21. The maximum Gasteiger partial charge on any atom is 0.251 e.